The van der Waals surface area contributed by atoms with E-state index in [-0.39, 0.29) is 24.5 Å². The molecule has 2 unspecified atom stereocenters. The molecule has 1 aliphatic carbocycles. The van der Waals surface area contributed by atoms with E-state index >= 15 is 0 Å². The molecular formula is C22H30N4O4. The van der Waals surface area contributed by atoms with E-state index in [4.69, 9.17) is 4.74 Å². The summed E-state index contributed by atoms with van der Waals surface area (Å²) in [5.41, 5.74) is 1.72. The van der Waals surface area contributed by atoms with Crippen LogP contribution >= 0.6 is 0 Å². The van der Waals surface area contributed by atoms with Crippen molar-refractivity contribution in [3.63, 3.8) is 0 Å². The van der Waals surface area contributed by atoms with Gasteiger partial charge in [0.05, 0.1) is 18.4 Å². The van der Waals surface area contributed by atoms with E-state index in [2.05, 4.69) is 15.6 Å². The van der Waals surface area contributed by atoms with Crippen molar-refractivity contribution in [2.24, 2.45) is 4.99 Å². The molecule has 8 nitrogen and oxygen atoms in total. The predicted molar refractivity (Wildman–Crippen MR) is 112 cm³/mol. The van der Waals surface area contributed by atoms with Crippen LogP contribution in [0.4, 0.5) is 5.69 Å². The Labute approximate surface area is 176 Å². The van der Waals surface area contributed by atoms with Gasteiger partial charge in [-0.1, -0.05) is 19.3 Å². The number of benzene rings is 1. The Hall–Kier alpha value is -2.61. The van der Waals surface area contributed by atoms with E-state index in [1.54, 1.807) is 4.90 Å². The van der Waals surface area contributed by atoms with Gasteiger partial charge in [-0.15, -0.1) is 0 Å². The molecule has 2 amide bonds. The number of rotatable bonds is 7. The van der Waals surface area contributed by atoms with Gasteiger partial charge in [0, 0.05) is 24.6 Å². The summed E-state index contributed by atoms with van der Waals surface area (Å²) < 4.78 is 6.03. The van der Waals surface area contributed by atoms with Crippen LogP contribution in [-0.2, 0) is 16.1 Å². The lowest BCUT2D eigenvalue weighted by molar-refractivity contribution is -0.123. The van der Waals surface area contributed by atoms with Gasteiger partial charge in [0.15, 0.2) is 0 Å². The molecule has 8 heteroatoms. The summed E-state index contributed by atoms with van der Waals surface area (Å²) >= 11 is 0. The lowest BCUT2D eigenvalue weighted by atomic mass is 9.95. The minimum Gasteiger partial charge on any atom is -0.491 e. The summed E-state index contributed by atoms with van der Waals surface area (Å²) in [4.78, 5) is 30.4. The Kier molecular flexibility index (Phi) is 6.22. The molecule has 30 heavy (non-hydrogen) atoms. The van der Waals surface area contributed by atoms with Gasteiger partial charge in [-0.05, 0) is 44.4 Å². The van der Waals surface area contributed by atoms with Gasteiger partial charge in [-0.2, -0.15) is 0 Å². The normalized spacial score (nSPS) is 21.9. The molecule has 0 aromatic heterocycles. The molecule has 0 spiro atoms. The van der Waals surface area contributed by atoms with Crippen LogP contribution in [0.5, 0.6) is 5.75 Å². The molecule has 3 N–H and O–H groups in total. The number of carbonyl (C=O) groups is 2. The zero-order valence-corrected chi connectivity index (χ0v) is 17.4. The first-order chi connectivity index (χ1) is 14.5. The summed E-state index contributed by atoms with van der Waals surface area (Å²) in [6.07, 6.45) is 6.87. The van der Waals surface area contributed by atoms with Crippen LogP contribution in [0, 0.1) is 0 Å². The van der Waals surface area contributed by atoms with E-state index in [1.807, 2.05) is 25.1 Å². The Morgan fingerprint density at radius 1 is 1.37 bits per heavy atom. The number of aliphatic imine (C=N–C) groups is 1. The number of amides is 2. The molecular weight excluding hydrogens is 384 g/mol. The highest BCUT2D eigenvalue weighted by molar-refractivity contribution is 6.07. The molecule has 3 aliphatic rings. The van der Waals surface area contributed by atoms with Gasteiger partial charge in [0.1, 0.15) is 11.8 Å². The summed E-state index contributed by atoms with van der Waals surface area (Å²) in [6, 6.07) is 5.38. The zero-order valence-electron chi connectivity index (χ0n) is 17.4. The summed E-state index contributed by atoms with van der Waals surface area (Å²) in [6.45, 7) is 2.19. The molecule has 162 valence electrons. The second-order valence-corrected chi connectivity index (χ2v) is 8.41. The van der Waals surface area contributed by atoms with Gasteiger partial charge in [-0.25, -0.2) is 4.99 Å². The number of carbonyl (C=O) groups excluding carboxylic acids is 2. The lowest BCUT2D eigenvalue weighted by Crippen LogP contribution is -2.39. The average molecular weight is 415 g/mol. The number of guanidine groups is 1. The predicted octanol–water partition coefficient (Wildman–Crippen LogP) is 1.98. The first kappa shape index (κ1) is 20.7. The monoisotopic (exact) mass is 414 g/mol. The fourth-order valence-electron chi connectivity index (χ4n) is 4.35. The van der Waals surface area contributed by atoms with E-state index < -0.39 is 6.04 Å². The van der Waals surface area contributed by atoms with Crippen molar-refractivity contribution in [1.82, 2.24) is 15.5 Å². The van der Waals surface area contributed by atoms with E-state index in [9.17, 15) is 14.7 Å². The summed E-state index contributed by atoms with van der Waals surface area (Å²) in [5, 5.41) is 15.3. The van der Waals surface area contributed by atoms with Crippen LogP contribution in [0.3, 0.4) is 0 Å². The number of aliphatic hydroxyl groups is 1. The molecule has 0 radical (unpaired) electrons. The number of nitrogens with zero attached hydrogens (tertiary/aromatic N) is 2. The maximum absolute atomic E-state index is 12.2. The Morgan fingerprint density at radius 3 is 2.93 bits per heavy atom. The largest absolute Gasteiger partial charge is 0.491 e. The molecule has 2 heterocycles. The number of hydrogen-bond acceptors (Lipinski definition) is 6. The lowest BCUT2D eigenvalue weighted by Gasteiger charge is -2.27. The average Bonchev–Trinajstić information content (AvgIpc) is 3.05. The maximum atomic E-state index is 12.2. The molecule has 4 rings (SSSR count). The standard InChI is InChI=1S/C22H30N4O4/c1-14(7-10-20(28)23-16-5-3-2-4-6-16)30-17-8-9-18-15(11-17)12-26-19(13-27)21(29)25-22(26)24-18/h8-9,11,14,16,19,27H,2-7,10,12-13H2,1H3,(H,23,28)(H,24,25,29). The molecule has 1 saturated carbocycles. The van der Waals surface area contributed by atoms with E-state index in [0.29, 0.717) is 37.1 Å². The van der Waals surface area contributed by atoms with Crippen molar-refractivity contribution < 1.29 is 19.4 Å². The Morgan fingerprint density at radius 2 is 2.17 bits per heavy atom. The Bertz CT molecular complexity index is 834. The molecule has 1 aromatic rings. The third-order valence-electron chi connectivity index (χ3n) is 6.06. The highest BCUT2D eigenvalue weighted by Crippen LogP contribution is 2.32. The van der Waals surface area contributed by atoms with Crippen molar-refractivity contribution in [1.29, 1.82) is 0 Å². The third-order valence-corrected chi connectivity index (χ3v) is 6.06. The van der Waals surface area contributed by atoms with Crippen LogP contribution in [0.15, 0.2) is 23.2 Å². The highest BCUT2D eigenvalue weighted by Gasteiger charge is 2.38. The van der Waals surface area contributed by atoms with Gasteiger partial charge in [-0.3, -0.25) is 14.9 Å². The fourth-order valence-corrected chi connectivity index (χ4v) is 4.35. The van der Waals surface area contributed by atoms with Crippen LogP contribution in [0.1, 0.15) is 57.4 Å². The SMILES string of the molecule is CC(CCC(=O)NC1CCCCC1)Oc1ccc2c(c1)CN1C(=N2)NC(=O)C1CO. The minimum absolute atomic E-state index is 0.0944. The van der Waals surface area contributed by atoms with Crippen LogP contribution in [0.2, 0.25) is 0 Å². The number of ether oxygens (including phenoxy) is 1. The molecule has 2 atom stereocenters. The quantitative estimate of drug-likeness (QED) is 0.633. The number of aliphatic hydroxyl groups excluding tert-OH is 1. The second kappa shape index (κ2) is 9.04. The molecule has 0 bridgehead atoms. The Balaban J connectivity index is 1.30. The zero-order chi connectivity index (χ0) is 21.1. The van der Waals surface area contributed by atoms with Gasteiger partial charge < -0.3 is 20.1 Å². The van der Waals surface area contributed by atoms with Gasteiger partial charge in [0.2, 0.25) is 11.9 Å². The molecule has 1 aromatic carbocycles. The first-order valence-corrected chi connectivity index (χ1v) is 10.9. The molecule has 2 aliphatic heterocycles. The summed E-state index contributed by atoms with van der Waals surface area (Å²) in [5.74, 6) is 1.07. The van der Waals surface area contributed by atoms with E-state index in [1.165, 1.54) is 19.3 Å². The van der Waals surface area contributed by atoms with Crippen molar-refractivity contribution in [3.05, 3.63) is 23.8 Å². The van der Waals surface area contributed by atoms with Gasteiger partial charge >= 0.3 is 0 Å². The molecule has 1 saturated heterocycles. The summed E-state index contributed by atoms with van der Waals surface area (Å²) in [7, 11) is 0. The maximum Gasteiger partial charge on any atom is 0.251 e. The van der Waals surface area contributed by atoms with Crippen molar-refractivity contribution in [2.75, 3.05) is 6.61 Å². The minimum atomic E-state index is -0.608. The van der Waals surface area contributed by atoms with Crippen molar-refractivity contribution in [2.45, 2.75) is 76.6 Å². The second-order valence-electron chi connectivity index (χ2n) is 8.41. The van der Waals surface area contributed by atoms with Gasteiger partial charge in [0.25, 0.3) is 5.91 Å². The first-order valence-electron chi connectivity index (χ1n) is 10.9. The van der Waals surface area contributed by atoms with Crippen molar-refractivity contribution in [3.8, 4) is 5.75 Å². The number of nitrogens with one attached hydrogen (secondary N) is 2. The van der Waals surface area contributed by atoms with Crippen LogP contribution in [0.25, 0.3) is 0 Å². The van der Waals surface area contributed by atoms with Crippen LogP contribution in [-0.4, -0.2) is 52.6 Å². The molecule has 2 fully saturated rings. The number of hydrogen-bond donors (Lipinski definition) is 3. The van der Waals surface area contributed by atoms with E-state index in [0.717, 1.165) is 24.1 Å². The topological polar surface area (TPSA) is 103 Å². The smallest absolute Gasteiger partial charge is 0.251 e. The highest BCUT2D eigenvalue weighted by atomic mass is 16.5. The van der Waals surface area contributed by atoms with Crippen molar-refractivity contribution >= 4 is 23.5 Å². The number of fused-ring (bicyclic) bond motifs is 2. The fraction of sp³-hybridized carbons (Fsp3) is 0.591. The third kappa shape index (κ3) is 4.59. The van der Waals surface area contributed by atoms with Crippen LogP contribution < -0.4 is 15.4 Å².